The highest BCUT2D eigenvalue weighted by Gasteiger charge is 2.28. The molecular weight excluding hydrogens is 426 g/mol. The second kappa shape index (κ2) is 9.85. The topological polar surface area (TPSA) is 80.8 Å². The van der Waals surface area contributed by atoms with Crippen LogP contribution in [0.2, 0.25) is 0 Å². The van der Waals surface area contributed by atoms with E-state index >= 15 is 0 Å². The van der Waals surface area contributed by atoms with Crippen LogP contribution in [-0.4, -0.2) is 56.7 Å². The Morgan fingerprint density at radius 2 is 1.84 bits per heavy atom. The van der Waals surface area contributed by atoms with Gasteiger partial charge in [0.15, 0.2) is 11.5 Å². The molecule has 1 unspecified atom stereocenters. The molecule has 1 atom stereocenters. The quantitative estimate of drug-likeness (QED) is 0.532. The molecule has 7 nitrogen and oxygen atoms in total. The third-order valence-corrected chi connectivity index (χ3v) is 6.94. The summed E-state index contributed by atoms with van der Waals surface area (Å²) in [5.74, 6) is 1.46. The number of hydrogen-bond donors (Lipinski definition) is 1. The molecule has 1 aliphatic rings. The molecule has 4 rings (SSSR count). The molecule has 2 heterocycles. The standard InChI is InChI=1S/C24H29N3O4S/c1-18(2)31-23-10-6-5-9-22(23)30-14-13-27-12-11-20(17-27)26-32(28,29)24-16-25-15-19-7-3-4-8-21(19)24/h3-10,15-16,18,20,26H,11-14,17H2,1-2H3. The Morgan fingerprint density at radius 1 is 1.09 bits per heavy atom. The summed E-state index contributed by atoms with van der Waals surface area (Å²) in [7, 11) is -3.66. The van der Waals surface area contributed by atoms with Crippen LogP contribution >= 0.6 is 0 Å². The van der Waals surface area contributed by atoms with Gasteiger partial charge in [-0.1, -0.05) is 36.4 Å². The van der Waals surface area contributed by atoms with Crippen molar-refractivity contribution in [3.05, 3.63) is 60.9 Å². The second-order valence-corrected chi connectivity index (χ2v) is 9.91. The lowest BCUT2D eigenvalue weighted by Gasteiger charge is -2.19. The molecule has 8 heteroatoms. The van der Waals surface area contributed by atoms with Crippen molar-refractivity contribution in [1.82, 2.24) is 14.6 Å². The molecular formula is C24H29N3O4S. The van der Waals surface area contributed by atoms with Gasteiger partial charge in [0.05, 0.1) is 6.10 Å². The summed E-state index contributed by atoms with van der Waals surface area (Å²) in [6.07, 6.45) is 3.92. The van der Waals surface area contributed by atoms with Crippen molar-refractivity contribution in [2.45, 2.75) is 37.3 Å². The van der Waals surface area contributed by atoms with E-state index in [1.807, 2.05) is 62.4 Å². The molecule has 0 radical (unpaired) electrons. The summed E-state index contributed by atoms with van der Waals surface area (Å²) >= 11 is 0. The van der Waals surface area contributed by atoms with Crippen LogP contribution in [0.4, 0.5) is 0 Å². The van der Waals surface area contributed by atoms with Crippen LogP contribution in [0.25, 0.3) is 10.8 Å². The maximum absolute atomic E-state index is 13.0. The normalized spacial score (nSPS) is 17.2. The Morgan fingerprint density at radius 3 is 2.66 bits per heavy atom. The molecule has 1 aliphatic heterocycles. The van der Waals surface area contributed by atoms with E-state index in [4.69, 9.17) is 9.47 Å². The molecule has 0 saturated carbocycles. The first-order valence-corrected chi connectivity index (χ1v) is 12.4. The first-order valence-electron chi connectivity index (χ1n) is 10.9. The van der Waals surface area contributed by atoms with E-state index in [9.17, 15) is 8.42 Å². The van der Waals surface area contributed by atoms with Crippen molar-refractivity contribution in [1.29, 1.82) is 0 Å². The lowest BCUT2D eigenvalue weighted by atomic mass is 10.2. The third kappa shape index (κ3) is 5.38. The Labute approximate surface area is 189 Å². The number of ether oxygens (including phenoxy) is 2. The zero-order valence-electron chi connectivity index (χ0n) is 18.4. The summed E-state index contributed by atoms with van der Waals surface area (Å²) in [4.78, 5) is 6.54. The Balaban J connectivity index is 1.32. The molecule has 1 saturated heterocycles. The summed E-state index contributed by atoms with van der Waals surface area (Å²) in [6, 6.07) is 14.9. The van der Waals surface area contributed by atoms with Crippen LogP contribution in [0.3, 0.4) is 0 Å². The van der Waals surface area contributed by atoms with Crippen LogP contribution in [0.5, 0.6) is 11.5 Å². The molecule has 1 N–H and O–H groups in total. The van der Waals surface area contributed by atoms with Gasteiger partial charge >= 0.3 is 0 Å². The maximum atomic E-state index is 13.0. The number of para-hydroxylation sites is 2. The average molecular weight is 456 g/mol. The first kappa shape index (κ1) is 22.5. The lowest BCUT2D eigenvalue weighted by molar-refractivity contribution is 0.204. The van der Waals surface area contributed by atoms with Gasteiger partial charge in [-0.15, -0.1) is 0 Å². The SMILES string of the molecule is CC(C)Oc1ccccc1OCCN1CCC(NS(=O)(=O)c2cncc3ccccc23)C1. The van der Waals surface area contributed by atoms with Crippen molar-refractivity contribution in [2.24, 2.45) is 0 Å². The van der Waals surface area contributed by atoms with Gasteiger partial charge in [0.2, 0.25) is 10.0 Å². The fraction of sp³-hybridized carbons (Fsp3) is 0.375. The minimum atomic E-state index is -3.66. The largest absolute Gasteiger partial charge is 0.488 e. The molecule has 1 fully saturated rings. The fourth-order valence-electron chi connectivity index (χ4n) is 3.92. The van der Waals surface area contributed by atoms with Crippen molar-refractivity contribution >= 4 is 20.8 Å². The van der Waals surface area contributed by atoms with Crippen molar-refractivity contribution in [2.75, 3.05) is 26.2 Å². The van der Waals surface area contributed by atoms with E-state index in [1.54, 1.807) is 6.20 Å². The second-order valence-electron chi connectivity index (χ2n) is 8.23. The summed E-state index contributed by atoms with van der Waals surface area (Å²) in [6.45, 7) is 6.64. The first-order chi connectivity index (χ1) is 15.4. The van der Waals surface area contributed by atoms with Crippen LogP contribution in [0, 0.1) is 0 Å². The van der Waals surface area contributed by atoms with Gasteiger partial charge < -0.3 is 9.47 Å². The highest BCUT2D eigenvalue weighted by Crippen LogP contribution is 2.27. The summed E-state index contributed by atoms with van der Waals surface area (Å²) in [5.41, 5.74) is 0. The van der Waals surface area contributed by atoms with Gasteiger partial charge in [-0.25, -0.2) is 13.1 Å². The number of pyridine rings is 1. The van der Waals surface area contributed by atoms with E-state index in [2.05, 4.69) is 14.6 Å². The van der Waals surface area contributed by atoms with Gasteiger partial charge in [-0.3, -0.25) is 9.88 Å². The van der Waals surface area contributed by atoms with Crippen LogP contribution in [0.1, 0.15) is 20.3 Å². The number of nitrogens with zero attached hydrogens (tertiary/aromatic N) is 2. The molecule has 3 aromatic rings. The minimum Gasteiger partial charge on any atom is -0.488 e. The molecule has 0 spiro atoms. The average Bonchev–Trinajstić information content (AvgIpc) is 3.20. The zero-order valence-corrected chi connectivity index (χ0v) is 19.2. The fourth-order valence-corrected chi connectivity index (χ4v) is 5.36. The van der Waals surface area contributed by atoms with Crippen LogP contribution in [-0.2, 0) is 10.0 Å². The smallest absolute Gasteiger partial charge is 0.243 e. The molecule has 0 bridgehead atoms. The van der Waals surface area contributed by atoms with Crippen LogP contribution < -0.4 is 14.2 Å². The van der Waals surface area contributed by atoms with Crippen molar-refractivity contribution < 1.29 is 17.9 Å². The number of rotatable bonds is 9. The highest BCUT2D eigenvalue weighted by atomic mass is 32.2. The highest BCUT2D eigenvalue weighted by molar-refractivity contribution is 7.89. The monoisotopic (exact) mass is 455 g/mol. The van der Waals surface area contributed by atoms with E-state index in [0.29, 0.717) is 25.1 Å². The Hall–Kier alpha value is -2.68. The zero-order chi connectivity index (χ0) is 22.6. The number of nitrogens with one attached hydrogen (secondary N) is 1. The number of hydrogen-bond acceptors (Lipinski definition) is 6. The molecule has 0 aliphatic carbocycles. The number of likely N-dealkylation sites (tertiary alicyclic amines) is 1. The molecule has 2 aromatic carbocycles. The molecule has 170 valence electrons. The van der Waals surface area contributed by atoms with Crippen molar-refractivity contribution in [3.8, 4) is 11.5 Å². The lowest BCUT2D eigenvalue weighted by Crippen LogP contribution is -2.37. The third-order valence-electron chi connectivity index (χ3n) is 5.39. The van der Waals surface area contributed by atoms with Gasteiger partial charge in [0.1, 0.15) is 11.5 Å². The van der Waals surface area contributed by atoms with Crippen molar-refractivity contribution in [3.63, 3.8) is 0 Å². The predicted octanol–water partition coefficient (Wildman–Crippen LogP) is 3.45. The number of benzene rings is 2. The van der Waals surface area contributed by atoms with Gasteiger partial charge in [0, 0.05) is 42.3 Å². The number of fused-ring (bicyclic) bond motifs is 1. The minimum absolute atomic E-state index is 0.0732. The summed E-state index contributed by atoms with van der Waals surface area (Å²) in [5, 5.41) is 1.49. The maximum Gasteiger partial charge on any atom is 0.243 e. The van der Waals surface area contributed by atoms with Crippen LogP contribution in [0.15, 0.2) is 65.8 Å². The van der Waals surface area contributed by atoms with E-state index in [0.717, 1.165) is 29.9 Å². The molecule has 1 aromatic heterocycles. The van der Waals surface area contributed by atoms with Gasteiger partial charge in [0.25, 0.3) is 0 Å². The Kier molecular flexibility index (Phi) is 6.93. The van der Waals surface area contributed by atoms with E-state index in [-0.39, 0.29) is 17.0 Å². The molecule has 32 heavy (non-hydrogen) atoms. The predicted molar refractivity (Wildman–Crippen MR) is 125 cm³/mol. The molecule has 0 amide bonds. The Bertz CT molecular complexity index is 1160. The van der Waals surface area contributed by atoms with E-state index in [1.165, 1.54) is 6.20 Å². The van der Waals surface area contributed by atoms with Gasteiger partial charge in [-0.05, 0) is 38.9 Å². The number of sulfonamides is 1. The number of aromatic nitrogens is 1. The van der Waals surface area contributed by atoms with E-state index < -0.39 is 10.0 Å². The van der Waals surface area contributed by atoms with Gasteiger partial charge in [-0.2, -0.15) is 0 Å². The summed E-state index contributed by atoms with van der Waals surface area (Å²) < 4.78 is 40.6.